The van der Waals surface area contributed by atoms with Crippen LogP contribution < -0.4 is 16.0 Å². The molecule has 1 aromatic carbocycles. The van der Waals surface area contributed by atoms with Crippen molar-refractivity contribution >= 4 is 23.2 Å². The number of hydrogen-bond donors (Lipinski definition) is 3. The molecular weight excluding hydrogens is 288 g/mol. The van der Waals surface area contributed by atoms with E-state index in [4.69, 9.17) is 0 Å². The molecule has 2 amide bonds. The summed E-state index contributed by atoms with van der Waals surface area (Å²) in [4.78, 5) is 33.7. The highest BCUT2D eigenvalue weighted by Crippen LogP contribution is 2.24. The van der Waals surface area contributed by atoms with Gasteiger partial charge in [0.1, 0.15) is 5.69 Å². The number of anilines is 1. The molecular formula is C14H20N4O4. The molecule has 120 valence electrons. The Morgan fingerprint density at radius 1 is 1.23 bits per heavy atom. The van der Waals surface area contributed by atoms with Gasteiger partial charge in [-0.15, -0.1) is 0 Å². The van der Waals surface area contributed by atoms with E-state index >= 15 is 0 Å². The summed E-state index contributed by atoms with van der Waals surface area (Å²) in [7, 11) is 1.57. The molecule has 3 N–H and O–H groups in total. The number of nitro groups is 1. The molecule has 0 spiro atoms. The first-order valence-electron chi connectivity index (χ1n) is 6.89. The lowest BCUT2D eigenvalue weighted by molar-refractivity contribution is -0.384. The Labute approximate surface area is 128 Å². The van der Waals surface area contributed by atoms with Crippen LogP contribution in [0.2, 0.25) is 0 Å². The van der Waals surface area contributed by atoms with Crippen LogP contribution in [0.25, 0.3) is 0 Å². The van der Waals surface area contributed by atoms with Gasteiger partial charge in [-0.1, -0.05) is 13.8 Å². The van der Waals surface area contributed by atoms with Gasteiger partial charge < -0.3 is 16.0 Å². The Morgan fingerprint density at radius 2 is 1.86 bits per heavy atom. The van der Waals surface area contributed by atoms with E-state index in [1.54, 1.807) is 20.9 Å². The van der Waals surface area contributed by atoms with E-state index in [1.807, 2.05) is 0 Å². The van der Waals surface area contributed by atoms with Crippen LogP contribution in [0.3, 0.4) is 0 Å². The van der Waals surface area contributed by atoms with Crippen molar-refractivity contribution in [2.45, 2.75) is 13.8 Å². The van der Waals surface area contributed by atoms with Crippen molar-refractivity contribution in [2.24, 2.45) is 5.92 Å². The van der Waals surface area contributed by atoms with Crippen molar-refractivity contribution in [1.29, 1.82) is 0 Å². The van der Waals surface area contributed by atoms with Crippen LogP contribution >= 0.6 is 0 Å². The Morgan fingerprint density at radius 3 is 2.41 bits per heavy atom. The molecule has 8 heteroatoms. The number of nitrogens with one attached hydrogen (secondary N) is 3. The van der Waals surface area contributed by atoms with Crippen LogP contribution in [0.5, 0.6) is 0 Å². The normalized spacial score (nSPS) is 10.2. The summed E-state index contributed by atoms with van der Waals surface area (Å²) in [6, 6.07) is 4.20. The highest BCUT2D eigenvalue weighted by molar-refractivity contribution is 5.95. The van der Waals surface area contributed by atoms with Gasteiger partial charge >= 0.3 is 0 Å². The van der Waals surface area contributed by atoms with Crippen LogP contribution in [-0.4, -0.2) is 36.9 Å². The minimum absolute atomic E-state index is 0.0942. The number of hydrogen-bond acceptors (Lipinski definition) is 5. The quantitative estimate of drug-likeness (QED) is 0.397. The van der Waals surface area contributed by atoms with Gasteiger partial charge in [0.25, 0.3) is 11.6 Å². The molecule has 0 fully saturated rings. The standard InChI is InChI=1S/C14H20N4O4/c1-9(2)13(19)16-6-7-17-14(20)10-4-5-11(15-3)12(8-10)18(21)22/h4-5,8-9,15H,6-7H2,1-3H3,(H,16,19)(H,17,20). The van der Waals surface area contributed by atoms with Crippen molar-refractivity contribution < 1.29 is 14.5 Å². The smallest absolute Gasteiger partial charge is 0.293 e. The van der Waals surface area contributed by atoms with E-state index in [2.05, 4.69) is 16.0 Å². The highest BCUT2D eigenvalue weighted by Gasteiger charge is 2.16. The topological polar surface area (TPSA) is 113 Å². The van der Waals surface area contributed by atoms with E-state index in [0.717, 1.165) is 0 Å². The number of rotatable bonds is 7. The fourth-order valence-corrected chi connectivity index (χ4v) is 1.70. The van der Waals surface area contributed by atoms with Gasteiger partial charge in [-0.2, -0.15) is 0 Å². The second kappa shape index (κ2) is 7.96. The summed E-state index contributed by atoms with van der Waals surface area (Å²) in [5.41, 5.74) is 0.370. The molecule has 22 heavy (non-hydrogen) atoms. The predicted octanol–water partition coefficient (Wildman–Crippen LogP) is 1.14. The Kier molecular flexibility index (Phi) is 6.30. The zero-order valence-electron chi connectivity index (χ0n) is 12.8. The van der Waals surface area contributed by atoms with Gasteiger partial charge in [0.15, 0.2) is 0 Å². The fourth-order valence-electron chi connectivity index (χ4n) is 1.70. The van der Waals surface area contributed by atoms with Gasteiger partial charge in [0.2, 0.25) is 5.91 Å². The van der Waals surface area contributed by atoms with Crippen LogP contribution in [0.15, 0.2) is 18.2 Å². The summed E-state index contributed by atoms with van der Waals surface area (Å²) in [5.74, 6) is -0.639. The molecule has 0 aliphatic heterocycles. The average Bonchev–Trinajstić information content (AvgIpc) is 2.50. The Balaban J connectivity index is 2.61. The van der Waals surface area contributed by atoms with Crippen molar-refractivity contribution in [2.75, 3.05) is 25.5 Å². The highest BCUT2D eigenvalue weighted by atomic mass is 16.6. The number of benzene rings is 1. The van der Waals surface area contributed by atoms with Crippen molar-refractivity contribution in [3.63, 3.8) is 0 Å². The molecule has 0 aliphatic carbocycles. The zero-order valence-corrected chi connectivity index (χ0v) is 12.8. The lowest BCUT2D eigenvalue weighted by Gasteiger charge is -2.09. The third-order valence-corrected chi connectivity index (χ3v) is 2.96. The summed E-state index contributed by atoms with van der Waals surface area (Å²) < 4.78 is 0. The SMILES string of the molecule is CNc1ccc(C(=O)NCCNC(=O)C(C)C)cc1[N+](=O)[O-]. The van der Waals surface area contributed by atoms with Crippen molar-refractivity contribution in [1.82, 2.24) is 10.6 Å². The summed E-state index contributed by atoms with van der Waals surface area (Å²) in [6.07, 6.45) is 0. The van der Waals surface area contributed by atoms with Crippen LogP contribution in [0, 0.1) is 16.0 Å². The molecule has 0 aliphatic rings. The third-order valence-electron chi connectivity index (χ3n) is 2.96. The van der Waals surface area contributed by atoms with E-state index < -0.39 is 10.8 Å². The maximum Gasteiger partial charge on any atom is 0.293 e. The minimum atomic E-state index is -0.550. The molecule has 0 bridgehead atoms. The number of nitro benzene ring substituents is 1. The number of amides is 2. The van der Waals surface area contributed by atoms with E-state index in [0.29, 0.717) is 12.2 Å². The van der Waals surface area contributed by atoms with Crippen LogP contribution in [0.1, 0.15) is 24.2 Å². The molecule has 1 rings (SSSR count). The van der Waals surface area contributed by atoms with Gasteiger partial charge in [-0.05, 0) is 12.1 Å². The van der Waals surface area contributed by atoms with Crippen LogP contribution in [-0.2, 0) is 4.79 Å². The fraction of sp³-hybridized carbons (Fsp3) is 0.429. The molecule has 8 nitrogen and oxygen atoms in total. The van der Waals surface area contributed by atoms with Crippen molar-refractivity contribution in [3.05, 3.63) is 33.9 Å². The predicted molar refractivity (Wildman–Crippen MR) is 82.8 cm³/mol. The summed E-state index contributed by atoms with van der Waals surface area (Å²) >= 11 is 0. The number of carbonyl (C=O) groups is 2. The Hall–Kier alpha value is -2.64. The first-order chi connectivity index (χ1) is 10.4. The summed E-state index contributed by atoms with van der Waals surface area (Å²) in [5, 5.41) is 18.9. The van der Waals surface area contributed by atoms with Gasteiger partial charge in [0.05, 0.1) is 4.92 Å². The molecule has 1 aromatic rings. The molecule has 0 saturated carbocycles. The largest absolute Gasteiger partial charge is 0.383 e. The Bertz CT molecular complexity index is 572. The number of nitrogens with zero attached hydrogens (tertiary/aromatic N) is 1. The molecule has 0 unspecified atom stereocenters. The number of carbonyl (C=O) groups excluding carboxylic acids is 2. The van der Waals surface area contributed by atoms with E-state index in [1.165, 1.54) is 18.2 Å². The minimum Gasteiger partial charge on any atom is -0.383 e. The maximum absolute atomic E-state index is 11.9. The van der Waals surface area contributed by atoms with Gasteiger partial charge in [-0.3, -0.25) is 19.7 Å². The maximum atomic E-state index is 11.9. The lowest BCUT2D eigenvalue weighted by atomic mass is 10.1. The van der Waals surface area contributed by atoms with E-state index in [-0.39, 0.29) is 29.6 Å². The van der Waals surface area contributed by atoms with Crippen LogP contribution in [0.4, 0.5) is 11.4 Å². The van der Waals surface area contributed by atoms with Gasteiger partial charge in [0, 0.05) is 37.7 Å². The first-order valence-corrected chi connectivity index (χ1v) is 6.89. The second-order valence-corrected chi connectivity index (χ2v) is 4.94. The molecule has 0 saturated heterocycles. The third kappa shape index (κ3) is 4.72. The molecule has 0 radical (unpaired) electrons. The average molecular weight is 308 g/mol. The first kappa shape index (κ1) is 17.4. The second-order valence-electron chi connectivity index (χ2n) is 4.94. The molecule has 0 aromatic heterocycles. The molecule has 0 heterocycles. The van der Waals surface area contributed by atoms with E-state index in [9.17, 15) is 19.7 Å². The van der Waals surface area contributed by atoms with Crippen molar-refractivity contribution in [3.8, 4) is 0 Å². The van der Waals surface area contributed by atoms with Gasteiger partial charge in [-0.25, -0.2) is 0 Å². The monoisotopic (exact) mass is 308 g/mol. The lowest BCUT2D eigenvalue weighted by Crippen LogP contribution is -2.36. The zero-order chi connectivity index (χ0) is 16.7. The molecule has 0 atom stereocenters. The summed E-state index contributed by atoms with van der Waals surface area (Å²) in [6.45, 7) is 4.10.